The number of benzene rings is 1. The molecule has 28 heavy (non-hydrogen) atoms. The summed E-state index contributed by atoms with van der Waals surface area (Å²) in [6, 6.07) is 7.06. The minimum absolute atomic E-state index is 0.0399. The summed E-state index contributed by atoms with van der Waals surface area (Å²) in [5, 5.41) is 10.9. The fourth-order valence-corrected chi connectivity index (χ4v) is 2.54. The van der Waals surface area contributed by atoms with Gasteiger partial charge in [-0.1, -0.05) is 0 Å². The van der Waals surface area contributed by atoms with Crippen LogP contribution >= 0.6 is 0 Å². The number of methoxy groups -OCH3 is 1. The number of esters is 1. The Morgan fingerprint density at radius 3 is 2.57 bits per heavy atom. The molecule has 1 amide bonds. The molecule has 0 aliphatic carbocycles. The Hall–Kier alpha value is -3.69. The molecule has 0 unspecified atom stereocenters. The number of halogens is 1. The maximum Gasteiger partial charge on any atom is 0.358 e. The first kappa shape index (κ1) is 19.1. The summed E-state index contributed by atoms with van der Waals surface area (Å²) in [6.45, 7) is 1.70. The molecule has 2 heterocycles. The minimum Gasteiger partial charge on any atom is -0.471 e. The van der Waals surface area contributed by atoms with Gasteiger partial charge in [0.05, 0.1) is 18.5 Å². The van der Waals surface area contributed by atoms with E-state index in [1.54, 1.807) is 20.2 Å². The molecule has 0 atom stereocenters. The molecule has 0 saturated heterocycles. The second kappa shape index (κ2) is 7.91. The summed E-state index contributed by atoms with van der Waals surface area (Å²) < 4.78 is 25.9. The molecule has 0 fully saturated rings. The predicted molar refractivity (Wildman–Crippen MR) is 96.5 cm³/mol. The van der Waals surface area contributed by atoms with Gasteiger partial charge in [-0.15, -0.1) is 0 Å². The number of amides is 1. The molecular formula is C18H18FN5O4. The van der Waals surface area contributed by atoms with Crippen LogP contribution in [0.2, 0.25) is 0 Å². The highest BCUT2D eigenvalue weighted by Crippen LogP contribution is 2.21. The molecule has 0 aliphatic heterocycles. The van der Waals surface area contributed by atoms with Crippen LogP contribution in [0.5, 0.6) is 5.75 Å². The van der Waals surface area contributed by atoms with E-state index in [9.17, 15) is 14.0 Å². The van der Waals surface area contributed by atoms with Crippen molar-refractivity contribution in [3.05, 3.63) is 59.4 Å². The molecule has 0 saturated carbocycles. The maximum atomic E-state index is 12.9. The molecule has 146 valence electrons. The summed E-state index contributed by atoms with van der Waals surface area (Å²) in [6.07, 6.45) is 1.57. The Morgan fingerprint density at radius 1 is 1.18 bits per heavy atom. The molecule has 3 rings (SSSR count). The van der Waals surface area contributed by atoms with E-state index < -0.39 is 11.9 Å². The summed E-state index contributed by atoms with van der Waals surface area (Å²) in [5.74, 6) is -1.02. The number of aromatic nitrogens is 4. The molecule has 0 bridgehead atoms. The van der Waals surface area contributed by atoms with Crippen molar-refractivity contribution in [2.75, 3.05) is 12.4 Å². The average molecular weight is 387 g/mol. The number of anilines is 1. The number of carbonyl (C=O) groups excluding carboxylic acids is 2. The van der Waals surface area contributed by atoms with E-state index in [1.165, 1.54) is 46.8 Å². The zero-order chi connectivity index (χ0) is 20.3. The summed E-state index contributed by atoms with van der Waals surface area (Å²) >= 11 is 0. The number of hydrogen-bond acceptors (Lipinski definition) is 6. The van der Waals surface area contributed by atoms with Gasteiger partial charge in [-0.2, -0.15) is 10.2 Å². The fourth-order valence-electron chi connectivity index (χ4n) is 2.54. The van der Waals surface area contributed by atoms with Crippen LogP contribution in [0, 0.1) is 12.7 Å². The molecule has 0 aliphatic rings. The maximum absolute atomic E-state index is 12.9. The van der Waals surface area contributed by atoms with Crippen LogP contribution in [0.4, 0.5) is 10.1 Å². The Kier molecular flexibility index (Phi) is 5.39. The lowest BCUT2D eigenvalue weighted by Crippen LogP contribution is -2.18. The van der Waals surface area contributed by atoms with Crippen molar-refractivity contribution in [3.63, 3.8) is 0 Å². The number of aryl methyl sites for hydroxylation is 2. The van der Waals surface area contributed by atoms with Gasteiger partial charge in [0.15, 0.2) is 18.1 Å². The van der Waals surface area contributed by atoms with Crippen molar-refractivity contribution < 1.29 is 23.5 Å². The van der Waals surface area contributed by atoms with Gasteiger partial charge < -0.3 is 14.8 Å². The number of nitrogens with zero attached hydrogens (tertiary/aromatic N) is 4. The molecule has 3 aromatic rings. The number of hydrogen-bond donors (Lipinski definition) is 1. The van der Waals surface area contributed by atoms with Crippen molar-refractivity contribution >= 4 is 17.6 Å². The summed E-state index contributed by atoms with van der Waals surface area (Å²) in [5.41, 5.74) is 0.987. The van der Waals surface area contributed by atoms with E-state index in [-0.39, 0.29) is 29.6 Å². The predicted octanol–water partition coefficient (Wildman–Crippen LogP) is 2.14. The zero-order valence-corrected chi connectivity index (χ0v) is 15.5. The van der Waals surface area contributed by atoms with Crippen LogP contribution in [-0.2, 0) is 18.5 Å². The molecule has 1 aromatic carbocycles. The highest BCUT2D eigenvalue weighted by Gasteiger charge is 2.23. The van der Waals surface area contributed by atoms with Crippen LogP contribution < -0.4 is 10.1 Å². The largest absolute Gasteiger partial charge is 0.471 e. The Morgan fingerprint density at radius 2 is 1.89 bits per heavy atom. The van der Waals surface area contributed by atoms with Crippen molar-refractivity contribution in [3.8, 4) is 5.75 Å². The second-order valence-electron chi connectivity index (χ2n) is 5.85. The number of rotatable bonds is 6. The lowest BCUT2D eigenvalue weighted by molar-refractivity contribution is 0.0589. The molecular weight excluding hydrogens is 369 g/mol. The SMILES string of the molecule is COC(=O)c1c(NC(=O)c2ccn(COc3ccc(F)cc3)n2)c(C)nn1C. The first-order valence-electron chi connectivity index (χ1n) is 8.24. The first-order chi connectivity index (χ1) is 13.4. The van der Waals surface area contributed by atoms with Crippen LogP contribution in [0.3, 0.4) is 0 Å². The fraction of sp³-hybridized carbons (Fsp3) is 0.222. The molecule has 1 N–H and O–H groups in total. The molecule has 0 spiro atoms. The van der Waals surface area contributed by atoms with Crippen LogP contribution in [0.25, 0.3) is 0 Å². The van der Waals surface area contributed by atoms with Gasteiger partial charge in [-0.3, -0.25) is 9.48 Å². The highest BCUT2D eigenvalue weighted by molar-refractivity contribution is 6.07. The van der Waals surface area contributed by atoms with E-state index in [0.717, 1.165) is 0 Å². The van der Waals surface area contributed by atoms with Crippen molar-refractivity contribution in [1.82, 2.24) is 19.6 Å². The van der Waals surface area contributed by atoms with E-state index in [4.69, 9.17) is 9.47 Å². The first-order valence-corrected chi connectivity index (χ1v) is 8.24. The van der Waals surface area contributed by atoms with Crippen molar-refractivity contribution in [2.24, 2.45) is 7.05 Å². The molecule has 2 aromatic heterocycles. The molecule has 0 radical (unpaired) electrons. The number of carbonyl (C=O) groups is 2. The van der Waals surface area contributed by atoms with Gasteiger partial charge in [0.2, 0.25) is 0 Å². The Bertz CT molecular complexity index is 1010. The van der Waals surface area contributed by atoms with Gasteiger partial charge in [-0.05, 0) is 37.3 Å². The minimum atomic E-state index is -0.614. The lowest BCUT2D eigenvalue weighted by Gasteiger charge is -2.07. The van der Waals surface area contributed by atoms with Gasteiger partial charge in [0.1, 0.15) is 11.6 Å². The number of ether oxygens (including phenoxy) is 2. The van der Waals surface area contributed by atoms with E-state index in [1.807, 2.05) is 0 Å². The second-order valence-corrected chi connectivity index (χ2v) is 5.85. The molecule has 9 nitrogen and oxygen atoms in total. The molecule has 10 heteroatoms. The van der Waals surface area contributed by atoms with Crippen LogP contribution in [0.1, 0.15) is 26.7 Å². The quantitative estimate of drug-likeness (QED) is 0.651. The lowest BCUT2D eigenvalue weighted by atomic mass is 10.2. The Balaban J connectivity index is 1.69. The standard InChI is InChI=1S/C18H18FN5O4/c1-11-15(16(18(26)27-3)23(2)21-11)20-17(25)14-8-9-24(22-14)10-28-13-6-4-12(19)5-7-13/h4-9H,10H2,1-3H3,(H,20,25). The monoisotopic (exact) mass is 387 g/mol. The summed E-state index contributed by atoms with van der Waals surface area (Å²) in [4.78, 5) is 24.4. The zero-order valence-electron chi connectivity index (χ0n) is 15.5. The van der Waals surface area contributed by atoms with Gasteiger partial charge in [0, 0.05) is 13.2 Å². The normalized spacial score (nSPS) is 10.6. The van der Waals surface area contributed by atoms with Crippen molar-refractivity contribution in [2.45, 2.75) is 13.7 Å². The smallest absolute Gasteiger partial charge is 0.358 e. The average Bonchev–Trinajstić information content (AvgIpc) is 3.25. The van der Waals surface area contributed by atoms with Gasteiger partial charge >= 0.3 is 5.97 Å². The van der Waals surface area contributed by atoms with Crippen molar-refractivity contribution in [1.29, 1.82) is 0 Å². The third-order valence-electron chi connectivity index (χ3n) is 3.89. The number of nitrogens with one attached hydrogen (secondary N) is 1. The van der Waals surface area contributed by atoms with Crippen LogP contribution in [-0.4, -0.2) is 38.5 Å². The van der Waals surface area contributed by atoms with E-state index in [2.05, 4.69) is 15.5 Å². The van der Waals surface area contributed by atoms with Crippen LogP contribution in [0.15, 0.2) is 36.5 Å². The van der Waals surface area contributed by atoms with Gasteiger partial charge in [0.25, 0.3) is 5.91 Å². The third-order valence-corrected chi connectivity index (χ3v) is 3.89. The van der Waals surface area contributed by atoms with E-state index >= 15 is 0 Å². The van der Waals surface area contributed by atoms with Gasteiger partial charge in [-0.25, -0.2) is 13.9 Å². The summed E-state index contributed by atoms with van der Waals surface area (Å²) in [7, 11) is 2.83. The Labute approximate surface area is 159 Å². The topological polar surface area (TPSA) is 100 Å². The van der Waals surface area contributed by atoms with E-state index in [0.29, 0.717) is 11.4 Å². The third kappa shape index (κ3) is 4.00. The highest BCUT2D eigenvalue weighted by atomic mass is 19.1.